The number of benzene rings is 2. The Labute approximate surface area is 154 Å². The molecule has 1 aliphatic heterocycles. The van der Waals surface area contributed by atoms with Gasteiger partial charge in [0.25, 0.3) is 0 Å². The summed E-state index contributed by atoms with van der Waals surface area (Å²) in [5.41, 5.74) is 0.144. The van der Waals surface area contributed by atoms with E-state index in [2.05, 4.69) is 15.6 Å². The van der Waals surface area contributed by atoms with Crippen LogP contribution in [-0.2, 0) is 6.54 Å². The van der Waals surface area contributed by atoms with Crippen molar-refractivity contribution < 1.29 is 17.6 Å². The Kier molecular flexibility index (Phi) is 5.83. The van der Waals surface area contributed by atoms with Gasteiger partial charge in [-0.25, -0.2) is 17.6 Å². The van der Waals surface area contributed by atoms with Gasteiger partial charge in [0.1, 0.15) is 29.0 Å². The molecular formula is C19H20F4N4. The summed E-state index contributed by atoms with van der Waals surface area (Å²) in [6.45, 7) is 0.944. The summed E-state index contributed by atoms with van der Waals surface area (Å²) in [7, 11) is 1.56. The first-order chi connectivity index (χ1) is 13.0. The van der Waals surface area contributed by atoms with Crippen LogP contribution in [0.1, 0.15) is 12.0 Å². The monoisotopic (exact) mass is 380 g/mol. The molecule has 27 heavy (non-hydrogen) atoms. The van der Waals surface area contributed by atoms with Crippen molar-refractivity contribution in [3.8, 4) is 0 Å². The van der Waals surface area contributed by atoms with Gasteiger partial charge in [0.2, 0.25) is 0 Å². The summed E-state index contributed by atoms with van der Waals surface area (Å²) in [5.74, 6) is -1.82. The molecule has 0 aromatic heterocycles. The highest BCUT2D eigenvalue weighted by atomic mass is 19.1. The maximum absolute atomic E-state index is 13.9. The van der Waals surface area contributed by atoms with Crippen LogP contribution >= 0.6 is 0 Å². The van der Waals surface area contributed by atoms with E-state index < -0.39 is 23.3 Å². The van der Waals surface area contributed by atoms with E-state index in [0.717, 1.165) is 18.2 Å². The molecule has 2 aromatic carbocycles. The van der Waals surface area contributed by atoms with Gasteiger partial charge >= 0.3 is 0 Å². The van der Waals surface area contributed by atoms with Crippen LogP contribution in [0, 0.1) is 23.3 Å². The molecule has 0 bridgehead atoms. The van der Waals surface area contributed by atoms with Crippen molar-refractivity contribution in [1.29, 1.82) is 0 Å². The van der Waals surface area contributed by atoms with Gasteiger partial charge in [-0.15, -0.1) is 0 Å². The van der Waals surface area contributed by atoms with E-state index in [4.69, 9.17) is 0 Å². The first-order valence-corrected chi connectivity index (χ1v) is 8.58. The molecule has 2 N–H and O–H groups in total. The van der Waals surface area contributed by atoms with Crippen LogP contribution in [0.3, 0.4) is 0 Å². The zero-order chi connectivity index (χ0) is 19.4. The number of anilines is 1. The van der Waals surface area contributed by atoms with E-state index in [1.165, 1.54) is 18.2 Å². The Balaban J connectivity index is 1.59. The third kappa shape index (κ3) is 4.50. The molecule has 1 fully saturated rings. The number of rotatable bonds is 4. The number of guanidine groups is 1. The largest absolute Gasteiger partial charge is 0.365 e. The van der Waals surface area contributed by atoms with Gasteiger partial charge in [-0.3, -0.25) is 4.99 Å². The van der Waals surface area contributed by atoms with Crippen molar-refractivity contribution in [2.45, 2.75) is 19.0 Å². The number of hydrogen-bond donors (Lipinski definition) is 2. The molecule has 1 unspecified atom stereocenters. The first kappa shape index (κ1) is 19.0. The molecule has 1 saturated heterocycles. The average molecular weight is 380 g/mol. The van der Waals surface area contributed by atoms with E-state index in [1.54, 1.807) is 11.9 Å². The van der Waals surface area contributed by atoms with Crippen molar-refractivity contribution in [2.75, 3.05) is 25.0 Å². The molecule has 3 rings (SSSR count). The Morgan fingerprint density at radius 1 is 1.11 bits per heavy atom. The van der Waals surface area contributed by atoms with E-state index in [-0.39, 0.29) is 23.8 Å². The maximum atomic E-state index is 13.9. The molecule has 0 saturated carbocycles. The molecule has 2 aromatic rings. The predicted molar refractivity (Wildman–Crippen MR) is 96.7 cm³/mol. The highest BCUT2D eigenvalue weighted by molar-refractivity contribution is 5.80. The molecule has 0 spiro atoms. The highest BCUT2D eigenvalue weighted by Gasteiger charge is 2.27. The number of nitrogens with one attached hydrogen (secondary N) is 2. The van der Waals surface area contributed by atoms with Crippen molar-refractivity contribution in [3.63, 3.8) is 0 Å². The Bertz CT molecular complexity index is 820. The highest BCUT2D eigenvalue weighted by Crippen LogP contribution is 2.26. The van der Waals surface area contributed by atoms with Crippen LogP contribution in [0.25, 0.3) is 0 Å². The smallest absolute Gasteiger partial charge is 0.191 e. The lowest BCUT2D eigenvalue weighted by atomic mass is 10.2. The van der Waals surface area contributed by atoms with Crippen LogP contribution in [0.5, 0.6) is 0 Å². The molecule has 1 aliphatic rings. The second-order valence-electron chi connectivity index (χ2n) is 6.31. The molecular weight excluding hydrogens is 360 g/mol. The van der Waals surface area contributed by atoms with Crippen LogP contribution in [0.4, 0.5) is 23.2 Å². The second-order valence-corrected chi connectivity index (χ2v) is 6.31. The fraction of sp³-hybridized carbons (Fsp3) is 0.316. The van der Waals surface area contributed by atoms with Gasteiger partial charge in [-0.05, 0) is 36.8 Å². The van der Waals surface area contributed by atoms with Crippen molar-refractivity contribution >= 4 is 11.6 Å². The minimum absolute atomic E-state index is 0.0356. The zero-order valence-electron chi connectivity index (χ0n) is 14.8. The van der Waals surface area contributed by atoms with Gasteiger partial charge < -0.3 is 15.5 Å². The fourth-order valence-corrected chi connectivity index (χ4v) is 3.12. The fourth-order valence-electron chi connectivity index (χ4n) is 3.12. The summed E-state index contributed by atoms with van der Waals surface area (Å²) >= 11 is 0. The Morgan fingerprint density at radius 3 is 2.56 bits per heavy atom. The third-order valence-electron chi connectivity index (χ3n) is 4.46. The van der Waals surface area contributed by atoms with Gasteiger partial charge in [-0.1, -0.05) is 6.07 Å². The molecule has 0 radical (unpaired) electrons. The number of halogens is 4. The predicted octanol–water partition coefficient (Wildman–Crippen LogP) is 3.19. The summed E-state index contributed by atoms with van der Waals surface area (Å²) in [4.78, 5) is 5.70. The van der Waals surface area contributed by atoms with Crippen molar-refractivity contribution in [3.05, 3.63) is 65.2 Å². The minimum Gasteiger partial charge on any atom is -0.365 e. The Morgan fingerprint density at radius 2 is 1.85 bits per heavy atom. The van der Waals surface area contributed by atoms with Crippen molar-refractivity contribution in [2.24, 2.45) is 4.99 Å². The average Bonchev–Trinajstić information content (AvgIpc) is 3.09. The quantitative estimate of drug-likeness (QED) is 0.486. The molecule has 1 heterocycles. The molecule has 0 aliphatic carbocycles. The standard InChI is InChI=1S/C19H20F4N4/c1-24-19(25-10-12-9-13(20)5-6-15(12)21)26-14-7-8-27(11-14)18-16(22)3-2-4-17(18)23/h2-6,9,14H,7-8,10-11H2,1H3,(H2,24,25,26). The maximum Gasteiger partial charge on any atom is 0.191 e. The topological polar surface area (TPSA) is 39.7 Å². The number of aliphatic imine (C=N–C) groups is 1. The molecule has 0 amide bonds. The lowest BCUT2D eigenvalue weighted by Crippen LogP contribution is -2.44. The molecule has 1 atom stereocenters. The van der Waals surface area contributed by atoms with Gasteiger partial charge in [0, 0.05) is 38.3 Å². The van der Waals surface area contributed by atoms with E-state index >= 15 is 0 Å². The van der Waals surface area contributed by atoms with Crippen LogP contribution < -0.4 is 15.5 Å². The van der Waals surface area contributed by atoms with E-state index in [1.807, 2.05) is 0 Å². The SMILES string of the molecule is CN=C(NCc1cc(F)ccc1F)NC1CCN(c2c(F)cccc2F)C1. The van der Waals surface area contributed by atoms with E-state index in [9.17, 15) is 17.6 Å². The zero-order valence-corrected chi connectivity index (χ0v) is 14.8. The first-order valence-electron chi connectivity index (χ1n) is 8.58. The summed E-state index contributed by atoms with van der Waals surface area (Å²) in [5, 5.41) is 6.07. The third-order valence-corrected chi connectivity index (χ3v) is 4.46. The summed E-state index contributed by atoms with van der Waals surface area (Å²) in [6, 6.07) is 6.94. The van der Waals surface area contributed by atoms with Gasteiger partial charge in [-0.2, -0.15) is 0 Å². The second kappa shape index (κ2) is 8.28. The van der Waals surface area contributed by atoms with Crippen molar-refractivity contribution in [1.82, 2.24) is 10.6 Å². The lowest BCUT2D eigenvalue weighted by Gasteiger charge is -2.21. The number of para-hydroxylation sites is 1. The van der Waals surface area contributed by atoms with Crippen LogP contribution in [-0.4, -0.2) is 32.1 Å². The molecule has 144 valence electrons. The molecule has 4 nitrogen and oxygen atoms in total. The molecule has 8 heteroatoms. The lowest BCUT2D eigenvalue weighted by molar-refractivity contribution is 0.574. The number of nitrogens with zero attached hydrogens (tertiary/aromatic N) is 2. The van der Waals surface area contributed by atoms with E-state index in [0.29, 0.717) is 25.5 Å². The summed E-state index contributed by atoms with van der Waals surface area (Å²) in [6.07, 6.45) is 0.656. The van der Waals surface area contributed by atoms with Gasteiger partial charge in [0.15, 0.2) is 5.96 Å². The van der Waals surface area contributed by atoms with Gasteiger partial charge in [0.05, 0.1) is 0 Å². The van der Waals surface area contributed by atoms with Crippen LogP contribution in [0.15, 0.2) is 41.4 Å². The number of hydrogen-bond acceptors (Lipinski definition) is 2. The minimum atomic E-state index is -0.597. The Hall–Kier alpha value is -2.77. The normalized spacial score (nSPS) is 17.3. The van der Waals surface area contributed by atoms with Crippen LogP contribution in [0.2, 0.25) is 0 Å². The summed E-state index contributed by atoms with van der Waals surface area (Å²) < 4.78 is 54.8.